The maximum Gasteiger partial charge on any atom is 0.0700 e. The van der Waals surface area contributed by atoms with E-state index < -0.39 is 5.60 Å². The van der Waals surface area contributed by atoms with Crippen molar-refractivity contribution in [2.45, 2.75) is 56.7 Å². The second-order valence-corrected chi connectivity index (χ2v) is 7.43. The topological polar surface area (TPSA) is 49.5 Å². The third-order valence-electron chi connectivity index (χ3n) is 5.24. The average molecular weight is 294 g/mol. The average Bonchev–Trinajstić information content (AvgIpc) is 2.92. The van der Waals surface area contributed by atoms with Crippen LogP contribution >= 0.6 is 11.3 Å². The van der Waals surface area contributed by atoms with E-state index in [9.17, 15) is 5.11 Å². The molecule has 2 aliphatic rings. The summed E-state index contributed by atoms with van der Waals surface area (Å²) >= 11 is 1.74. The number of aliphatic hydroxyl groups is 1. The minimum absolute atomic E-state index is 0.124. The predicted octanol–water partition coefficient (Wildman–Crippen LogP) is 2.76. The van der Waals surface area contributed by atoms with Crippen LogP contribution in [0.25, 0.3) is 0 Å². The summed E-state index contributed by atoms with van der Waals surface area (Å²) in [7, 11) is 0. The van der Waals surface area contributed by atoms with E-state index in [2.05, 4.69) is 28.7 Å². The Morgan fingerprint density at radius 1 is 1.45 bits per heavy atom. The molecule has 0 spiro atoms. The van der Waals surface area contributed by atoms with Crippen LogP contribution in [0.15, 0.2) is 16.8 Å². The highest BCUT2D eigenvalue weighted by Crippen LogP contribution is 2.42. The van der Waals surface area contributed by atoms with Crippen molar-refractivity contribution in [2.75, 3.05) is 13.1 Å². The Kier molecular flexibility index (Phi) is 4.18. The molecule has 0 radical (unpaired) electrons. The van der Waals surface area contributed by atoms with Crippen molar-refractivity contribution in [1.29, 1.82) is 0 Å². The fourth-order valence-electron chi connectivity index (χ4n) is 4.14. The zero-order valence-corrected chi connectivity index (χ0v) is 13.1. The van der Waals surface area contributed by atoms with Crippen molar-refractivity contribution >= 4 is 11.3 Å². The second-order valence-electron chi connectivity index (χ2n) is 6.65. The lowest BCUT2D eigenvalue weighted by Gasteiger charge is -2.50. The SMILES string of the molecule is CC(N)C(c1ccsc1)N1CCC2(O)CCCCC2C1. The summed E-state index contributed by atoms with van der Waals surface area (Å²) in [6.45, 7) is 4.07. The largest absolute Gasteiger partial charge is 0.390 e. The fourth-order valence-corrected chi connectivity index (χ4v) is 4.83. The number of nitrogens with zero attached hydrogens (tertiary/aromatic N) is 1. The van der Waals surface area contributed by atoms with Crippen LogP contribution < -0.4 is 5.73 Å². The van der Waals surface area contributed by atoms with Gasteiger partial charge in [0, 0.05) is 25.0 Å². The van der Waals surface area contributed by atoms with E-state index in [0.717, 1.165) is 25.9 Å². The molecule has 2 fully saturated rings. The van der Waals surface area contributed by atoms with Gasteiger partial charge in [-0.05, 0) is 48.6 Å². The summed E-state index contributed by atoms with van der Waals surface area (Å²) in [5.74, 6) is 0.435. The zero-order valence-electron chi connectivity index (χ0n) is 12.3. The Morgan fingerprint density at radius 3 is 3.00 bits per heavy atom. The van der Waals surface area contributed by atoms with Crippen molar-refractivity contribution in [1.82, 2.24) is 4.90 Å². The normalized spacial score (nSPS) is 34.5. The third-order valence-corrected chi connectivity index (χ3v) is 5.94. The molecule has 1 aromatic heterocycles. The summed E-state index contributed by atoms with van der Waals surface area (Å²) in [5, 5.41) is 15.2. The quantitative estimate of drug-likeness (QED) is 0.901. The number of fused-ring (bicyclic) bond motifs is 1. The minimum atomic E-state index is -0.397. The molecular weight excluding hydrogens is 268 g/mol. The Balaban J connectivity index is 1.77. The number of thiophene rings is 1. The van der Waals surface area contributed by atoms with Crippen LogP contribution in [0.2, 0.25) is 0 Å². The van der Waals surface area contributed by atoms with Crippen LogP contribution in [0, 0.1) is 5.92 Å². The number of nitrogens with two attached hydrogens (primary N) is 1. The van der Waals surface area contributed by atoms with Crippen molar-refractivity contribution in [2.24, 2.45) is 11.7 Å². The second kappa shape index (κ2) is 5.76. The van der Waals surface area contributed by atoms with E-state index in [1.54, 1.807) is 11.3 Å². The van der Waals surface area contributed by atoms with Gasteiger partial charge in [-0.2, -0.15) is 11.3 Å². The molecule has 3 nitrogen and oxygen atoms in total. The third kappa shape index (κ3) is 2.67. The first-order chi connectivity index (χ1) is 9.60. The Morgan fingerprint density at radius 2 is 2.30 bits per heavy atom. The zero-order chi connectivity index (χ0) is 14.2. The van der Waals surface area contributed by atoms with Crippen molar-refractivity contribution < 1.29 is 5.11 Å². The molecule has 0 aromatic carbocycles. The first kappa shape index (κ1) is 14.5. The van der Waals surface area contributed by atoms with Gasteiger partial charge < -0.3 is 10.8 Å². The van der Waals surface area contributed by atoms with Crippen molar-refractivity contribution in [3.8, 4) is 0 Å². The smallest absolute Gasteiger partial charge is 0.0700 e. The van der Waals surface area contributed by atoms with Gasteiger partial charge in [-0.25, -0.2) is 0 Å². The lowest BCUT2D eigenvalue weighted by Crippen LogP contribution is -2.55. The van der Waals surface area contributed by atoms with Crippen LogP contribution in [-0.4, -0.2) is 34.7 Å². The summed E-state index contributed by atoms with van der Waals surface area (Å²) in [6, 6.07) is 2.62. The first-order valence-corrected chi connectivity index (χ1v) is 8.78. The molecule has 4 atom stereocenters. The first-order valence-electron chi connectivity index (χ1n) is 7.84. The van der Waals surface area contributed by atoms with Gasteiger partial charge in [-0.1, -0.05) is 12.8 Å². The van der Waals surface area contributed by atoms with Gasteiger partial charge in [0.15, 0.2) is 0 Å². The lowest BCUT2D eigenvalue weighted by atomic mass is 9.71. The highest BCUT2D eigenvalue weighted by molar-refractivity contribution is 7.07. The lowest BCUT2D eigenvalue weighted by molar-refractivity contribution is -0.104. The van der Waals surface area contributed by atoms with Crippen LogP contribution in [0.3, 0.4) is 0 Å². The summed E-state index contributed by atoms with van der Waals surface area (Å²) in [4.78, 5) is 2.51. The van der Waals surface area contributed by atoms with Gasteiger partial charge in [0.2, 0.25) is 0 Å². The Labute approximate surface area is 125 Å². The van der Waals surface area contributed by atoms with E-state index in [1.165, 1.54) is 24.8 Å². The molecular formula is C16H26N2OS. The maximum atomic E-state index is 10.8. The van der Waals surface area contributed by atoms with E-state index in [-0.39, 0.29) is 6.04 Å². The molecule has 0 bridgehead atoms. The molecule has 1 saturated heterocycles. The van der Waals surface area contributed by atoms with Gasteiger partial charge in [-0.3, -0.25) is 4.90 Å². The van der Waals surface area contributed by atoms with E-state index in [1.807, 2.05) is 0 Å². The Bertz CT molecular complexity index is 434. The number of rotatable bonds is 3. The number of likely N-dealkylation sites (tertiary alicyclic amines) is 1. The summed E-state index contributed by atoms with van der Waals surface area (Å²) < 4.78 is 0. The maximum absolute atomic E-state index is 10.8. The molecule has 3 N–H and O–H groups in total. The standard InChI is InChI=1S/C16H26N2OS/c1-12(17)15(13-5-9-20-11-13)18-8-7-16(19)6-3-2-4-14(16)10-18/h5,9,11-12,14-15,19H,2-4,6-8,10,17H2,1H3. The molecule has 1 aliphatic heterocycles. The molecule has 0 amide bonds. The molecule has 20 heavy (non-hydrogen) atoms. The summed E-state index contributed by atoms with van der Waals surface area (Å²) in [5.41, 5.74) is 7.20. The monoisotopic (exact) mass is 294 g/mol. The van der Waals surface area contributed by atoms with Crippen LogP contribution in [0.4, 0.5) is 0 Å². The molecule has 1 aliphatic carbocycles. The van der Waals surface area contributed by atoms with Gasteiger partial charge in [0.1, 0.15) is 0 Å². The van der Waals surface area contributed by atoms with Gasteiger partial charge in [0.05, 0.1) is 11.6 Å². The van der Waals surface area contributed by atoms with Crippen LogP contribution in [0.5, 0.6) is 0 Å². The van der Waals surface area contributed by atoms with E-state index >= 15 is 0 Å². The molecule has 3 rings (SSSR count). The molecule has 4 unspecified atom stereocenters. The highest BCUT2D eigenvalue weighted by atomic mass is 32.1. The molecule has 1 aromatic rings. The summed E-state index contributed by atoms with van der Waals surface area (Å²) in [6.07, 6.45) is 5.52. The Hall–Kier alpha value is -0.420. The molecule has 2 heterocycles. The van der Waals surface area contributed by atoms with Crippen molar-refractivity contribution in [3.63, 3.8) is 0 Å². The van der Waals surface area contributed by atoms with Crippen LogP contribution in [0.1, 0.15) is 50.6 Å². The predicted molar refractivity (Wildman–Crippen MR) is 83.8 cm³/mol. The highest BCUT2D eigenvalue weighted by Gasteiger charge is 2.44. The van der Waals surface area contributed by atoms with Crippen molar-refractivity contribution in [3.05, 3.63) is 22.4 Å². The van der Waals surface area contributed by atoms with Gasteiger partial charge >= 0.3 is 0 Å². The minimum Gasteiger partial charge on any atom is -0.390 e. The van der Waals surface area contributed by atoms with Crippen LogP contribution in [-0.2, 0) is 0 Å². The molecule has 1 saturated carbocycles. The molecule has 4 heteroatoms. The van der Waals surface area contributed by atoms with E-state index in [4.69, 9.17) is 5.73 Å². The fraction of sp³-hybridized carbons (Fsp3) is 0.750. The van der Waals surface area contributed by atoms with Gasteiger partial charge in [-0.15, -0.1) is 0 Å². The number of hydrogen-bond donors (Lipinski definition) is 2. The van der Waals surface area contributed by atoms with Gasteiger partial charge in [0.25, 0.3) is 0 Å². The number of hydrogen-bond acceptors (Lipinski definition) is 4. The van der Waals surface area contributed by atoms with E-state index in [0.29, 0.717) is 12.0 Å². The number of piperidine rings is 1. The molecule has 112 valence electrons.